The van der Waals surface area contributed by atoms with Crippen LogP contribution in [0.4, 0.5) is 0 Å². The van der Waals surface area contributed by atoms with Crippen LogP contribution in [0.25, 0.3) is 0 Å². The lowest BCUT2D eigenvalue weighted by Gasteiger charge is -2.18. The number of aliphatic hydroxyl groups is 2. The molecule has 1 unspecified atom stereocenters. The zero-order chi connectivity index (χ0) is 9.12. The molecule has 0 radical (unpaired) electrons. The normalized spacial score (nSPS) is 17.5. The molecule has 0 heterocycles. The fourth-order valence-corrected chi connectivity index (χ4v) is 1.37. The van der Waals surface area contributed by atoms with Crippen molar-refractivity contribution in [1.82, 2.24) is 0 Å². The van der Waals surface area contributed by atoms with Gasteiger partial charge in [0.25, 0.3) is 0 Å². The minimum atomic E-state index is -4.46. The molecule has 0 aliphatic rings. The molecule has 0 bridgehead atoms. The number of rotatable bonds is 4. The molecule has 1 atom stereocenters. The van der Waals surface area contributed by atoms with Crippen LogP contribution in [0.15, 0.2) is 0 Å². The van der Waals surface area contributed by atoms with Crippen LogP contribution in [0.5, 0.6) is 0 Å². The summed E-state index contributed by atoms with van der Waals surface area (Å²) in [6, 6.07) is 0. The van der Waals surface area contributed by atoms with Crippen LogP contribution in [0, 0.1) is 0 Å². The Labute approximate surface area is 62.6 Å². The van der Waals surface area contributed by atoms with Gasteiger partial charge in [-0.1, -0.05) is 0 Å². The standard InChI is InChI=1S/C4H9O6P/c5-1-4(7,2-6)3-11(8,9)10/h1,6-7H,2-3H2,(H2,8,9,10). The van der Waals surface area contributed by atoms with E-state index in [9.17, 15) is 9.36 Å². The van der Waals surface area contributed by atoms with Crippen LogP contribution in [-0.4, -0.2) is 44.7 Å². The van der Waals surface area contributed by atoms with E-state index in [1.165, 1.54) is 0 Å². The number of hydrogen-bond acceptors (Lipinski definition) is 4. The van der Waals surface area contributed by atoms with Gasteiger partial charge in [-0.25, -0.2) is 0 Å². The molecule has 0 aliphatic carbocycles. The van der Waals surface area contributed by atoms with Gasteiger partial charge in [-0.15, -0.1) is 0 Å². The average Bonchev–Trinajstić information content (AvgIpc) is 1.84. The number of aliphatic hydroxyl groups excluding tert-OH is 1. The highest BCUT2D eigenvalue weighted by molar-refractivity contribution is 7.51. The van der Waals surface area contributed by atoms with Crippen molar-refractivity contribution in [3.05, 3.63) is 0 Å². The molecule has 6 nitrogen and oxygen atoms in total. The molecule has 7 heteroatoms. The largest absolute Gasteiger partial charge is 0.393 e. The zero-order valence-corrected chi connectivity index (χ0v) is 6.44. The molecule has 66 valence electrons. The molecule has 0 fully saturated rings. The van der Waals surface area contributed by atoms with Crippen molar-refractivity contribution in [3.63, 3.8) is 0 Å². The van der Waals surface area contributed by atoms with E-state index in [4.69, 9.17) is 20.0 Å². The second kappa shape index (κ2) is 3.42. The Kier molecular flexibility index (Phi) is 3.34. The van der Waals surface area contributed by atoms with E-state index in [0.717, 1.165) is 0 Å². The van der Waals surface area contributed by atoms with Crippen molar-refractivity contribution in [1.29, 1.82) is 0 Å². The van der Waals surface area contributed by atoms with Crippen LogP contribution < -0.4 is 0 Å². The van der Waals surface area contributed by atoms with Gasteiger partial charge < -0.3 is 24.8 Å². The fraction of sp³-hybridized carbons (Fsp3) is 0.750. The van der Waals surface area contributed by atoms with Crippen molar-refractivity contribution in [2.24, 2.45) is 0 Å². The van der Waals surface area contributed by atoms with E-state index < -0.39 is 26.0 Å². The molecule has 0 saturated carbocycles. The highest BCUT2D eigenvalue weighted by Crippen LogP contribution is 2.37. The maximum Gasteiger partial charge on any atom is 0.329 e. The number of hydrogen-bond donors (Lipinski definition) is 4. The molecule has 0 aromatic rings. The van der Waals surface area contributed by atoms with Crippen LogP contribution >= 0.6 is 7.60 Å². The van der Waals surface area contributed by atoms with Crippen molar-refractivity contribution >= 4 is 13.9 Å². The van der Waals surface area contributed by atoms with Crippen molar-refractivity contribution in [2.45, 2.75) is 5.60 Å². The fourth-order valence-electron chi connectivity index (χ4n) is 0.481. The molecule has 0 aromatic carbocycles. The Morgan fingerprint density at radius 2 is 1.91 bits per heavy atom. The summed E-state index contributed by atoms with van der Waals surface area (Å²) in [6.07, 6.45) is -1.15. The monoisotopic (exact) mass is 184 g/mol. The van der Waals surface area contributed by atoms with E-state index in [1.54, 1.807) is 0 Å². The molecule has 0 amide bonds. The second-order valence-electron chi connectivity index (χ2n) is 2.20. The third-order valence-corrected chi connectivity index (χ3v) is 1.93. The third kappa shape index (κ3) is 4.23. The molecule has 0 spiro atoms. The Bertz CT molecular complexity index is 185. The topological polar surface area (TPSA) is 115 Å². The van der Waals surface area contributed by atoms with Gasteiger partial charge in [0.2, 0.25) is 0 Å². The van der Waals surface area contributed by atoms with E-state index in [2.05, 4.69) is 0 Å². The van der Waals surface area contributed by atoms with Crippen molar-refractivity contribution < 1.29 is 29.4 Å². The minimum Gasteiger partial charge on any atom is -0.393 e. The average molecular weight is 184 g/mol. The Morgan fingerprint density at radius 1 is 1.45 bits per heavy atom. The van der Waals surface area contributed by atoms with Crippen LogP contribution in [0.3, 0.4) is 0 Å². The molecular weight excluding hydrogens is 175 g/mol. The lowest BCUT2D eigenvalue weighted by atomic mass is 10.1. The highest BCUT2D eigenvalue weighted by atomic mass is 31.2. The zero-order valence-electron chi connectivity index (χ0n) is 5.54. The maximum atomic E-state index is 10.2. The summed E-state index contributed by atoms with van der Waals surface area (Å²) in [7, 11) is -4.46. The van der Waals surface area contributed by atoms with Gasteiger partial charge in [0.05, 0.1) is 12.8 Å². The van der Waals surface area contributed by atoms with Crippen molar-refractivity contribution in [2.75, 3.05) is 12.8 Å². The first-order valence-electron chi connectivity index (χ1n) is 2.67. The van der Waals surface area contributed by atoms with E-state index >= 15 is 0 Å². The Hall–Kier alpha value is -0.260. The molecule has 0 rings (SSSR count). The van der Waals surface area contributed by atoms with Crippen LogP contribution in [0.2, 0.25) is 0 Å². The summed E-state index contributed by atoms with van der Waals surface area (Å²) in [5.74, 6) is 0. The highest BCUT2D eigenvalue weighted by Gasteiger charge is 2.33. The maximum absolute atomic E-state index is 10.2. The smallest absolute Gasteiger partial charge is 0.329 e. The predicted octanol–water partition coefficient (Wildman–Crippen LogP) is -1.91. The number of carbonyl (C=O) groups is 1. The van der Waals surface area contributed by atoms with Gasteiger partial charge in [-0.2, -0.15) is 0 Å². The van der Waals surface area contributed by atoms with Crippen LogP contribution in [-0.2, 0) is 9.36 Å². The predicted molar refractivity (Wildman–Crippen MR) is 35.0 cm³/mol. The van der Waals surface area contributed by atoms with Gasteiger partial charge in [0.1, 0.15) is 0 Å². The number of carbonyl (C=O) groups excluding carboxylic acids is 1. The quantitative estimate of drug-likeness (QED) is 0.299. The summed E-state index contributed by atoms with van der Waals surface area (Å²) in [4.78, 5) is 26.6. The van der Waals surface area contributed by atoms with E-state index in [1.807, 2.05) is 0 Å². The molecule has 0 aromatic heterocycles. The van der Waals surface area contributed by atoms with Gasteiger partial charge in [0, 0.05) is 0 Å². The first-order valence-corrected chi connectivity index (χ1v) is 4.47. The molecular formula is C4H9O6P. The summed E-state index contributed by atoms with van der Waals surface area (Å²) >= 11 is 0. The van der Waals surface area contributed by atoms with Crippen LogP contribution in [0.1, 0.15) is 0 Å². The number of aldehydes is 1. The van der Waals surface area contributed by atoms with E-state index in [-0.39, 0.29) is 6.29 Å². The lowest BCUT2D eigenvalue weighted by Crippen LogP contribution is -2.39. The first kappa shape index (κ1) is 10.7. The lowest BCUT2D eigenvalue weighted by molar-refractivity contribution is -0.125. The molecule has 0 aliphatic heterocycles. The second-order valence-corrected chi connectivity index (χ2v) is 3.85. The summed E-state index contributed by atoms with van der Waals surface area (Å²) in [6.45, 7) is -0.998. The van der Waals surface area contributed by atoms with Gasteiger partial charge in [-0.3, -0.25) is 4.57 Å². The first-order chi connectivity index (χ1) is 4.83. The Morgan fingerprint density at radius 3 is 2.00 bits per heavy atom. The van der Waals surface area contributed by atoms with Gasteiger partial charge >= 0.3 is 7.60 Å². The molecule has 0 saturated heterocycles. The summed E-state index contributed by atoms with van der Waals surface area (Å²) in [5, 5.41) is 17.2. The molecule has 4 N–H and O–H groups in total. The minimum absolute atomic E-state index is 0.0912. The van der Waals surface area contributed by atoms with Crippen molar-refractivity contribution in [3.8, 4) is 0 Å². The van der Waals surface area contributed by atoms with Gasteiger partial charge in [0.15, 0.2) is 11.9 Å². The third-order valence-electron chi connectivity index (χ3n) is 0.973. The Balaban J connectivity index is 4.32. The summed E-state index contributed by atoms with van der Waals surface area (Å²) in [5.41, 5.74) is -2.32. The molecule has 11 heavy (non-hydrogen) atoms. The van der Waals surface area contributed by atoms with E-state index in [0.29, 0.717) is 0 Å². The SMILES string of the molecule is O=CC(O)(CO)CP(=O)(O)O. The summed E-state index contributed by atoms with van der Waals surface area (Å²) < 4.78 is 10.2. The van der Waals surface area contributed by atoms with Gasteiger partial charge in [-0.05, 0) is 0 Å².